The van der Waals surface area contributed by atoms with Crippen LogP contribution in [0.1, 0.15) is 31.8 Å². The molecule has 1 amide bonds. The molecular weight excluding hydrogens is 304 g/mol. The van der Waals surface area contributed by atoms with Crippen molar-refractivity contribution in [3.63, 3.8) is 0 Å². The number of rotatable bonds is 5. The highest BCUT2D eigenvalue weighted by molar-refractivity contribution is 5.95. The molecule has 1 heterocycles. The number of carboxylic acids is 1. The van der Waals surface area contributed by atoms with Gasteiger partial charge in [-0.2, -0.15) is 0 Å². The molecule has 0 saturated heterocycles. The third kappa shape index (κ3) is 3.81. The first-order valence-corrected chi connectivity index (χ1v) is 8.04. The summed E-state index contributed by atoms with van der Waals surface area (Å²) in [5.41, 5.74) is 3.43. The second-order valence-electron chi connectivity index (χ2n) is 5.93. The van der Waals surface area contributed by atoms with Crippen molar-refractivity contribution in [2.75, 3.05) is 19.6 Å². The topological polar surface area (TPSA) is 69.6 Å². The summed E-state index contributed by atoms with van der Waals surface area (Å²) >= 11 is 0. The Hall–Kier alpha value is -2.66. The van der Waals surface area contributed by atoms with Gasteiger partial charge in [-0.05, 0) is 41.8 Å². The Morgan fingerprint density at radius 2 is 1.67 bits per heavy atom. The summed E-state index contributed by atoms with van der Waals surface area (Å²) in [7, 11) is 0. The van der Waals surface area contributed by atoms with Gasteiger partial charge in [-0.3, -0.25) is 9.69 Å². The van der Waals surface area contributed by atoms with Crippen molar-refractivity contribution in [3.05, 3.63) is 70.8 Å². The number of nitrogens with zero attached hydrogens (tertiary/aromatic N) is 1. The predicted molar refractivity (Wildman–Crippen MR) is 91.2 cm³/mol. The number of hydrogen-bond donors (Lipinski definition) is 2. The summed E-state index contributed by atoms with van der Waals surface area (Å²) in [4.78, 5) is 25.2. The van der Waals surface area contributed by atoms with Gasteiger partial charge >= 0.3 is 5.97 Å². The quantitative estimate of drug-likeness (QED) is 0.884. The van der Waals surface area contributed by atoms with E-state index in [4.69, 9.17) is 5.11 Å². The summed E-state index contributed by atoms with van der Waals surface area (Å²) in [6, 6.07) is 14.4. The Bertz CT molecular complexity index is 741. The van der Waals surface area contributed by atoms with Crippen LogP contribution in [0, 0.1) is 0 Å². The first-order chi connectivity index (χ1) is 11.6. The molecule has 1 aliphatic heterocycles. The molecule has 2 aromatic rings. The highest BCUT2D eigenvalue weighted by Crippen LogP contribution is 2.17. The molecule has 0 radical (unpaired) electrons. The number of carbonyl (C=O) groups excluding carboxylic acids is 1. The summed E-state index contributed by atoms with van der Waals surface area (Å²) in [6.07, 6.45) is 1.04. The van der Waals surface area contributed by atoms with Gasteiger partial charge in [0.1, 0.15) is 0 Å². The highest BCUT2D eigenvalue weighted by atomic mass is 16.4. The number of aromatic carboxylic acids is 1. The van der Waals surface area contributed by atoms with Crippen molar-refractivity contribution in [2.45, 2.75) is 13.0 Å². The van der Waals surface area contributed by atoms with Crippen molar-refractivity contribution in [1.82, 2.24) is 10.2 Å². The number of amides is 1. The minimum Gasteiger partial charge on any atom is -0.478 e. The van der Waals surface area contributed by atoms with Crippen molar-refractivity contribution >= 4 is 11.9 Å². The molecule has 0 bridgehead atoms. The molecule has 5 nitrogen and oxygen atoms in total. The van der Waals surface area contributed by atoms with Crippen LogP contribution in [0.5, 0.6) is 0 Å². The Labute approximate surface area is 140 Å². The Balaban J connectivity index is 1.48. The second kappa shape index (κ2) is 7.27. The number of hydrogen-bond acceptors (Lipinski definition) is 3. The van der Waals surface area contributed by atoms with Crippen molar-refractivity contribution < 1.29 is 14.7 Å². The van der Waals surface area contributed by atoms with Gasteiger partial charge in [0.2, 0.25) is 0 Å². The lowest BCUT2D eigenvalue weighted by atomic mass is 10.00. The molecule has 24 heavy (non-hydrogen) atoms. The number of fused-ring (bicyclic) bond motifs is 1. The largest absolute Gasteiger partial charge is 0.478 e. The second-order valence-corrected chi connectivity index (χ2v) is 5.93. The van der Waals surface area contributed by atoms with E-state index in [0.717, 1.165) is 26.1 Å². The summed E-state index contributed by atoms with van der Waals surface area (Å²) < 4.78 is 0. The van der Waals surface area contributed by atoms with Crippen LogP contribution in [0.25, 0.3) is 0 Å². The zero-order valence-electron chi connectivity index (χ0n) is 13.4. The minimum absolute atomic E-state index is 0.177. The molecule has 2 N–H and O–H groups in total. The maximum atomic E-state index is 12.1. The molecule has 5 heteroatoms. The lowest BCUT2D eigenvalue weighted by Gasteiger charge is -2.28. The first kappa shape index (κ1) is 16.2. The van der Waals surface area contributed by atoms with E-state index in [-0.39, 0.29) is 11.5 Å². The lowest BCUT2D eigenvalue weighted by Crippen LogP contribution is -2.37. The van der Waals surface area contributed by atoms with E-state index in [1.807, 2.05) is 0 Å². The van der Waals surface area contributed by atoms with Gasteiger partial charge in [0.15, 0.2) is 0 Å². The zero-order chi connectivity index (χ0) is 16.9. The molecule has 0 saturated carbocycles. The van der Waals surface area contributed by atoms with Crippen LogP contribution < -0.4 is 5.32 Å². The fraction of sp³-hybridized carbons (Fsp3) is 0.263. The Kier molecular flexibility index (Phi) is 4.91. The van der Waals surface area contributed by atoms with Crippen LogP contribution in [-0.4, -0.2) is 41.5 Å². The Morgan fingerprint density at radius 1 is 1.00 bits per heavy atom. The van der Waals surface area contributed by atoms with Crippen LogP contribution in [0.3, 0.4) is 0 Å². The smallest absolute Gasteiger partial charge is 0.335 e. The molecule has 0 atom stereocenters. The molecule has 0 fully saturated rings. The van der Waals surface area contributed by atoms with Crippen LogP contribution in [0.4, 0.5) is 0 Å². The summed E-state index contributed by atoms with van der Waals surface area (Å²) in [6.45, 7) is 3.29. The van der Waals surface area contributed by atoms with E-state index >= 15 is 0 Å². The van der Waals surface area contributed by atoms with E-state index in [9.17, 15) is 9.59 Å². The van der Waals surface area contributed by atoms with E-state index in [1.165, 1.54) is 35.4 Å². The first-order valence-electron chi connectivity index (χ1n) is 8.04. The molecular formula is C19H20N2O3. The molecule has 2 aromatic carbocycles. The number of carbonyl (C=O) groups is 2. The lowest BCUT2D eigenvalue weighted by molar-refractivity contribution is 0.0696. The normalized spacial score (nSPS) is 14.0. The number of nitrogens with one attached hydrogen (secondary N) is 1. The predicted octanol–water partition coefficient (Wildman–Crippen LogP) is 2.17. The van der Waals surface area contributed by atoms with E-state index < -0.39 is 5.97 Å². The molecule has 0 aromatic heterocycles. The van der Waals surface area contributed by atoms with Gasteiger partial charge in [0, 0.05) is 31.7 Å². The van der Waals surface area contributed by atoms with Gasteiger partial charge in [-0.15, -0.1) is 0 Å². The van der Waals surface area contributed by atoms with Gasteiger partial charge in [0.05, 0.1) is 5.56 Å². The maximum absolute atomic E-state index is 12.1. The highest BCUT2D eigenvalue weighted by Gasteiger charge is 2.15. The number of carboxylic acid groups (broad SMARTS) is 1. The van der Waals surface area contributed by atoms with Crippen molar-refractivity contribution in [3.8, 4) is 0 Å². The van der Waals surface area contributed by atoms with E-state index in [1.54, 1.807) is 0 Å². The van der Waals surface area contributed by atoms with Gasteiger partial charge in [-0.1, -0.05) is 24.3 Å². The average Bonchev–Trinajstić information content (AvgIpc) is 2.61. The van der Waals surface area contributed by atoms with Crippen LogP contribution in [0.2, 0.25) is 0 Å². The Morgan fingerprint density at radius 3 is 2.38 bits per heavy atom. The van der Waals surface area contributed by atoms with Gasteiger partial charge in [-0.25, -0.2) is 4.79 Å². The van der Waals surface area contributed by atoms with E-state index in [0.29, 0.717) is 12.1 Å². The molecule has 3 rings (SSSR count). The third-order valence-electron chi connectivity index (χ3n) is 4.32. The van der Waals surface area contributed by atoms with Crippen LogP contribution in [0.15, 0.2) is 48.5 Å². The summed E-state index contributed by atoms with van der Waals surface area (Å²) in [5.74, 6) is -1.17. The monoisotopic (exact) mass is 324 g/mol. The van der Waals surface area contributed by atoms with Gasteiger partial charge < -0.3 is 10.4 Å². The molecule has 1 aliphatic rings. The summed E-state index contributed by atoms with van der Waals surface area (Å²) in [5, 5.41) is 11.8. The van der Waals surface area contributed by atoms with Crippen molar-refractivity contribution in [1.29, 1.82) is 0 Å². The molecule has 0 spiro atoms. The van der Waals surface area contributed by atoms with Gasteiger partial charge in [0.25, 0.3) is 5.91 Å². The minimum atomic E-state index is -0.993. The maximum Gasteiger partial charge on any atom is 0.335 e. The van der Waals surface area contributed by atoms with Crippen LogP contribution >= 0.6 is 0 Å². The SMILES string of the molecule is O=C(O)c1ccc(C(=O)NCCN2CCc3ccccc3C2)cc1. The zero-order valence-corrected chi connectivity index (χ0v) is 13.4. The van der Waals surface area contributed by atoms with E-state index in [2.05, 4.69) is 34.5 Å². The standard InChI is InChI=1S/C19H20N2O3/c22-18(15-5-7-16(8-6-15)19(23)24)20-10-12-21-11-9-14-3-1-2-4-17(14)13-21/h1-8H,9-13H2,(H,20,22)(H,23,24). The molecule has 0 aliphatic carbocycles. The number of benzene rings is 2. The fourth-order valence-corrected chi connectivity index (χ4v) is 2.94. The third-order valence-corrected chi connectivity index (χ3v) is 4.32. The van der Waals surface area contributed by atoms with Crippen LogP contribution in [-0.2, 0) is 13.0 Å². The average molecular weight is 324 g/mol. The fourth-order valence-electron chi connectivity index (χ4n) is 2.94. The molecule has 0 unspecified atom stereocenters. The van der Waals surface area contributed by atoms with Crippen molar-refractivity contribution in [2.24, 2.45) is 0 Å². The molecule has 124 valence electrons.